The highest BCUT2D eigenvalue weighted by Crippen LogP contribution is 2.32. The second kappa shape index (κ2) is 8.55. The van der Waals surface area contributed by atoms with Gasteiger partial charge in [-0.3, -0.25) is 9.59 Å². The van der Waals surface area contributed by atoms with Crippen molar-refractivity contribution in [2.45, 2.75) is 24.6 Å². The lowest BCUT2D eigenvalue weighted by Crippen LogP contribution is -2.56. The van der Waals surface area contributed by atoms with Crippen LogP contribution < -0.4 is 15.4 Å². The topological polar surface area (TPSA) is 70.7 Å². The average molecular weight is 391 g/mol. The molecule has 2 amide bonds. The molecular weight excluding hydrogens is 370 g/mol. The fourth-order valence-electron chi connectivity index (χ4n) is 3.15. The summed E-state index contributed by atoms with van der Waals surface area (Å²) < 4.78 is 57.0. The standard InChI is InChI=1S/C17H21F4N3O3/c1-22-8-15(25)24-6-5-11(10-3-4-14(27-2)12(18)7-10)13(9-24)23-16(26)17(19,20)21/h3-4,7,11,13,22H,5-6,8-9H2,1-2H3,(H,23,26). The first-order valence-electron chi connectivity index (χ1n) is 8.30. The predicted molar refractivity (Wildman–Crippen MR) is 88.8 cm³/mol. The Kier molecular flexibility index (Phi) is 6.63. The molecule has 150 valence electrons. The van der Waals surface area contributed by atoms with Gasteiger partial charge >= 0.3 is 12.1 Å². The summed E-state index contributed by atoms with van der Waals surface area (Å²) in [6.07, 6.45) is -4.77. The Morgan fingerprint density at radius 2 is 2.04 bits per heavy atom. The van der Waals surface area contributed by atoms with Gasteiger partial charge in [0.2, 0.25) is 5.91 Å². The number of carbonyl (C=O) groups excluding carboxylic acids is 2. The molecular formula is C17H21F4N3O3. The van der Waals surface area contributed by atoms with Crippen LogP contribution in [0.5, 0.6) is 5.75 Å². The number of likely N-dealkylation sites (N-methyl/N-ethyl adjacent to an activating group) is 1. The normalized spacial score (nSPS) is 20.3. The van der Waals surface area contributed by atoms with Crippen molar-refractivity contribution in [3.8, 4) is 5.75 Å². The molecule has 0 saturated carbocycles. The van der Waals surface area contributed by atoms with Crippen LogP contribution in [0.1, 0.15) is 17.9 Å². The molecule has 6 nitrogen and oxygen atoms in total. The van der Waals surface area contributed by atoms with Crippen LogP contribution in [-0.4, -0.2) is 62.7 Å². The molecule has 27 heavy (non-hydrogen) atoms. The van der Waals surface area contributed by atoms with Gasteiger partial charge in [-0.15, -0.1) is 0 Å². The smallest absolute Gasteiger partial charge is 0.471 e. The Balaban J connectivity index is 2.26. The minimum Gasteiger partial charge on any atom is -0.494 e. The lowest BCUT2D eigenvalue weighted by atomic mass is 9.85. The Labute approximate surface area is 153 Å². The van der Waals surface area contributed by atoms with Crippen molar-refractivity contribution in [2.75, 3.05) is 33.8 Å². The number of nitrogens with zero attached hydrogens (tertiary/aromatic N) is 1. The number of rotatable bonds is 5. The molecule has 0 radical (unpaired) electrons. The second-order valence-electron chi connectivity index (χ2n) is 6.24. The molecule has 0 aromatic heterocycles. The maximum absolute atomic E-state index is 14.0. The van der Waals surface area contributed by atoms with Crippen LogP contribution in [0.3, 0.4) is 0 Å². The van der Waals surface area contributed by atoms with Gasteiger partial charge in [0.1, 0.15) is 0 Å². The fourth-order valence-corrected chi connectivity index (χ4v) is 3.15. The van der Waals surface area contributed by atoms with E-state index in [4.69, 9.17) is 4.74 Å². The van der Waals surface area contributed by atoms with Gasteiger partial charge in [-0.05, 0) is 31.2 Å². The summed E-state index contributed by atoms with van der Waals surface area (Å²) in [7, 11) is 2.88. The Morgan fingerprint density at radius 3 is 2.59 bits per heavy atom. The number of hydrogen-bond donors (Lipinski definition) is 2. The van der Waals surface area contributed by atoms with Gasteiger partial charge in [0.25, 0.3) is 0 Å². The van der Waals surface area contributed by atoms with Crippen molar-refractivity contribution in [1.82, 2.24) is 15.5 Å². The van der Waals surface area contributed by atoms with Crippen LogP contribution in [0, 0.1) is 5.82 Å². The molecule has 1 aromatic rings. The van der Waals surface area contributed by atoms with Crippen molar-refractivity contribution in [2.24, 2.45) is 0 Å². The van der Waals surface area contributed by atoms with E-state index < -0.39 is 29.9 Å². The summed E-state index contributed by atoms with van der Waals surface area (Å²) >= 11 is 0. The summed E-state index contributed by atoms with van der Waals surface area (Å²) in [6, 6.07) is 3.11. The minimum absolute atomic E-state index is 0.0104. The molecule has 10 heteroatoms. The number of piperidine rings is 1. The molecule has 2 N–H and O–H groups in total. The summed E-state index contributed by atoms with van der Waals surface area (Å²) in [5, 5.41) is 4.64. The van der Waals surface area contributed by atoms with Gasteiger partial charge < -0.3 is 20.3 Å². The number of carbonyl (C=O) groups is 2. The molecule has 1 saturated heterocycles. The van der Waals surface area contributed by atoms with Gasteiger partial charge in [-0.25, -0.2) is 4.39 Å². The third-order valence-electron chi connectivity index (χ3n) is 4.47. The number of halogens is 4. The van der Waals surface area contributed by atoms with Crippen LogP contribution in [-0.2, 0) is 9.59 Å². The maximum Gasteiger partial charge on any atom is 0.471 e. The minimum atomic E-state index is -5.05. The van der Waals surface area contributed by atoms with Crippen LogP contribution in [0.4, 0.5) is 17.6 Å². The van der Waals surface area contributed by atoms with E-state index in [1.807, 2.05) is 5.32 Å². The predicted octanol–water partition coefficient (Wildman–Crippen LogP) is 1.42. The third kappa shape index (κ3) is 5.09. The first-order chi connectivity index (χ1) is 12.7. The molecule has 1 aliphatic heterocycles. The number of benzene rings is 1. The van der Waals surface area contributed by atoms with E-state index in [2.05, 4.69) is 5.32 Å². The number of nitrogens with one attached hydrogen (secondary N) is 2. The number of likely N-dealkylation sites (tertiary alicyclic amines) is 1. The van der Waals surface area contributed by atoms with Crippen molar-refractivity contribution >= 4 is 11.8 Å². The third-order valence-corrected chi connectivity index (χ3v) is 4.47. The number of methoxy groups -OCH3 is 1. The first kappa shape index (κ1) is 20.9. The number of alkyl halides is 3. The second-order valence-corrected chi connectivity index (χ2v) is 6.24. The molecule has 0 bridgehead atoms. The maximum atomic E-state index is 14.0. The molecule has 0 aliphatic carbocycles. The molecule has 1 fully saturated rings. The molecule has 2 atom stereocenters. The molecule has 1 aliphatic rings. The van der Waals surface area contributed by atoms with Gasteiger partial charge in [0.15, 0.2) is 11.6 Å². The fraction of sp³-hybridized carbons (Fsp3) is 0.529. The van der Waals surface area contributed by atoms with E-state index in [1.165, 1.54) is 24.1 Å². The van der Waals surface area contributed by atoms with E-state index in [9.17, 15) is 27.2 Å². The van der Waals surface area contributed by atoms with E-state index >= 15 is 0 Å². The number of amides is 2. The molecule has 2 rings (SSSR count). The van der Waals surface area contributed by atoms with E-state index in [-0.39, 0.29) is 37.7 Å². The highest BCUT2D eigenvalue weighted by Gasteiger charge is 2.42. The monoisotopic (exact) mass is 391 g/mol. The van der Waals surface area contributed by atoms with E-state index in [0.29, 0.717) is 5.56 Å². The highest BCUT2D eigenvalue weighted by molar-refractivity contribution is 5.82. The Bertz CT molecular complexity index is 696. The Hall–Kier alpha value is -2.36. The van der Waals surface area contributed by atoms with Crippen molar-refractivity contribution in [1.29, 1.82) is 0 Å². The van der Waals surface area contributed by atoms with Gasteiger partial charge in [0.05, 0.1) is 19.7 Å². The summed E-state index contributed by atoms with van der Waals surface area (Å²) in [4.78, 5) is 24.9. The first-order valence-corrected chi connectivity index (χ1v) is 8.30. The number of ether oxygens (including phenoxy) is 1. The van der Waals surface area contributed by atoms with Gasteiger partial charge in [-0.2, -0.15) is 13.2 Å². The van der Waals surface area contributed by atoms with Crippen molar-refractivity contribution in [3.05, 3.63) is 29.6 Å². The van der Waals surface area contributed by atoms with Crippen LogP contribution in [0.15, 0.2) is 18.2 Å². The lowest BCUT2D eigenvalue weighted by molar-refractivity contribution is -0.175. The average Bonchev–Trinajstić information content (AvgIpc) is 2.61. The molecule has 1 aromatic carbocycles. The van der Waals surface area contributed by atoms with Gasteiger partial charge in [0, 0.05) is 19.0 Å². The molecule has 1 heterocycles. The molecule has 0 spiro atoms. The number of hydrogen-bond acceptors (Lipinski definition) is 4. The van der Waals surface area contributed by atoms with E-state index in [1.54, 1.807) is 13.1 Å². The van der Waals surface area contributed by atoms with Crippen LogP contribution >= 0.6 is 0 Å². The largest absolute Gasteiger partial charge is 0.494 e. The summed E-state index contributed by atoms with van der Waals surface area (Å²) in [5.41, 5.74) is 0.432. The SMILES string of the molecule is CNCC(=O)N1CCC(c2ccc(OC)c(F)c2)C(NC(=O)C(F)(F)F)C1. The quantitative estimate of drug-likeness (QED) is 0.745. The highest BCUT2D eigenvalue weighted by atomic mass is 19.4. The summed E-state index contributed by atoms with van der Waals surface area (Å²) in [6.45, 7) is 0.222. The summed E-state index contributed by atoms with van der Waals surface area (Å²) in [5.74, 6) is -3.59. The Morgan fingerprint density at radius 1 is 1.33 bits per heavy atom. The van der Waals surface area contributed by atoms with E-state index in [0.717, 1.165) is 0 Å². The van der Waals surface area contributed by atoms with Crippen molar-refractivity contribution in [3.63, 3.8) is 0 Å². The van der Waals surface area contributed by atoms with Gasteiger partial charge in [-0.1, -0.05) is 6.07 Å². The zero-order valence-electron chi connectivity index (χ0n) is 14.9. The lowest BCUT2D eigenvalue weighted by Gasteiger charge is -2.39. The molecule has 2 unspecified atom stereocenters. The zero-order chi connectivity index (χ0) is 20.2. The van der Waals surface area contributed by atoms with Crippen LogP contribution in [0.25, 0.3) is 0 Å². The van der Waals surface area contributed by atoms with Crippen molar-refractivity contribution < 1.29 is 31.9 Å². The van der Waals surface area contributed by atoms with Crippen LogP contribution in [0.2, 0.25) is 0 Å². The zero-order valence-corrected chi connectivity index (χ0v) is 14.9.